The van der Waals surface area contributed by atoms with Crippen LogP contribution in [0.4, 0.5) is 0 Å². The number of carbonyl (C=O) groups is 2. The van der Waals surface area contributed by atoms with Gasteiger partial charge in [-0.1, -0.05) is 25.8 Å². The van der Waals surface area contributed by atoms with E-state index in [0.717, 1.165) is 35.9 Å². The maximum atomic E-state index is 12.2. The highest BCUT2D eigenvalue weighted by molar-refractivity contribution is 5.99. The Bertz CT molecular complexity index is 763. The number of rotatable bonds is 5. The summed E-state index contributed by atoms with van der Waals surface area (Å²) in [6.07, 6.45) is 5.51. The van der Waals surface area contributed by atoms with Crippen LogP contribution in [0.3, 0.4) is 0 Å². The summed E-state index contributed by atoms with van der Waals surface area (Å²) < 4.78 is 2.07. The van der Waals surface area contributed by atoms with Crippen molar-refractivity contribution in [2.75, 3.05) is 6.54 Å². The number of fused-ring (bicyclic) bond motifs is 1. The van der Waals surface area contributed by atoms with Gasteiger partial charge in [-0.25, -0.2) is 5.48 Å². The molecule has 0 bridgehead atoms. The van der Waals surface area contributed by atoms with Crippen LogP contribution in [-0.4, -0.2) is 33.3 Å². The lowest BCUT2D eigenvalue weighted by molar-refractivity contribution is -0.128. The van der Waals surface area contributed by atoms with Crippen molar-refractivity contribution < 1.29 is 14.8 Å². The number of hydroxylamine groups is 1. The minimum atomic E-state index is -0.659. The Hall–Kier alpha value is -2.41. The summed E-state index contributed by atoms with van der Waals surface area (Å²) in [5, 5.41) is 16.8. The third kappa shape index (κ3) is 3.12. The first-order valence-corrected chi connectivity index (χ1v) is 8.36. The molecular weight excluding hydrogens is 308 g/mol. The molecule has 0 radical (unpaired) electrons. The smallest absolute Gasteiger partial charge is 0.262 e. The highest BCUT2D eigenvalue weighted by Crippen LogP contribution is 2.33. The van der Waals surface area contributed by atoms with Gasteiger partial charge in [0.25, 0.3) is 11.8 Å². The van der Waals surface area contributed by atoms with Crippen LogP contribution < -0.4 is 10.8 Å². The average molecular weight is 330 g/mol. The van der Waals surface area contributed by atoms with E-state index in [2.05, 4.69) is 16.9 Å². The summed E-state index contributed by atoms with van der Waals surface area (Å²) >= 11 is 0. The van der Waals surface area contributed by atoms with Gasteiger partial charge in [0, 0.05) is 10.9 Å². The second-order valence-electron chi connectivity index (χ2n) is 6.13. The average Bonchev–Trinajstić information content (AvgIpc) is 3.25. The van der Waals surface area contributed by atoms with Crippen LogP contribution in [-0.2, 0) is 11.2 Å². The first-order chi connectivity index (χ1) is 11.6. The highest BCUT2D eigenvalue weighted by atomic mass is 16.5. The van der Waals surface area contributed by atoms with Crippen molar-refractivity contribution in [3.8, 4) is 0 Å². The van der Waals surface area contributed by atoms with Crippen molar-refractivity contribution in [2.45, 2.75) is 45.1 Å². The van der Waals surface area contributed by atoms with E-state index in [4.69, 9.17) is 10.3 Å². The van der Waals surface area contributed by atoms with Crippen molar-refractivity contribution in [3.05, 3.63) is 29.5 Å². The summed E-state index contributed by atoms with van der Waals surface area (Å²) in [5.74, 6) is -1.01. The number of amides is 2. The molecular formula is C17H22N4O3. The molecule has 1 fully saturated rings. The monoisotopic (exact) mass is 330 g/mol. The van der Waals surface area contributed by atoms with Gasteiger partial charge in [-0.3, -0.25) is 19.5 Å². The van der Waals surface area contributed by atoms with Gasteiger partial charge in [0.1, 0.15) is 0 Å². The topological polar surface area (TPSA) is 96.2 Å². The largest absolute Gasteiger partial charge is 0.343 e. The van der Waals surface area contributed by atoms with Crippen molar-refractivity contribution in [3.63, 3.8) is 0 Å². The van der Waals surface area contributed by atoms with E-state index >= 15 is 0 Å². The summed E-state index contributed by atoms with van der Waals surface area (Å²) in [6, 6.07) is 5.90. The predicted molar refractivity (Wildman–Crippen MR) is 88.9 cm³/mol. The lowest BCUT2D eigenvalue weighted by Gasteiger charge is -2.12. The lowest BCUT2D eigenvalue weighted by Crippen LogP contribution is -2.35. The van der Waals surface area contributed by atoms with E-state index in [1.165, 1.54) is 18.3 Å². The normalized spacial score (nSPS) is 14.9. The van der Waals surface area contributed by atoms with Crippen molar-refractivity contribution in [1.82, 2.24) is 20.6 Å². The van der Waals surface area contributed by atoms with E-state index in [0.29, 0.717) is 11.6 Å². The fourth-order valence-corrected chi connectivity index (χ4v) is 3.33. The molecule has 2 amide bonds. The zero-order chi connectivity index (χ0) is 17.1. The van der Waals surface area contributed by atoms with Crippen molar-refractivity contribution in [1.29, 1.82) is 0 Å². The van der Waals surface area contributed by atoms with Gasteiger partial charge in [-0.15, -0.1) is 0 Å². The van der Waals surface area contributed by atoms with E-state index < -0.39 is 5.91 Å². The molecule has 1 aromatic carbocycles. The van der Waals surface area contributed by atoms with Gasteiger partial charge in [-0.05, 0) is 31.4 Å². The van der Waals surface area contributed by atoms with Gasteiger partial charge in [-0.2, -0.15) is 5.10 Å². The van der Waals surface area contributed by atoms with Crippen LogP contribution in [0.1, 0.15) is 54.7 Å². The van der Waals surface area contributed by atoms with Crippen molar-refractivity contribution in [2.24, 2.45) is 0 Å². The minimum Gasteiger partial charge on any atom is -0.343 e. The molecule has 1 heterocycles. The molecule has 7 heteroatoms. The highest BCUT2D eigenvalue weighted by Gasteiger charge is 2.22. The zero-order valence-electron chi connectivity index (χ0n) is 13.7. The number of nitrogens with zero attached hydrogens (tertiary/aromatic N) is 2. The molecule has 24 heavy (non-hydrogen) atoms. The van der Waals surface area contributed by atoms with Gasteiger partial charge < -0.3 is 5.32 Å². The van der Waals surface area contributed by atoms with Gasteiger partial charge in [0.2, 0.25) is 0 Å². The van der Waals surface area contributed by atoms with Crippen LogP contribution in [0, 0.1) is 0 Å². The number of aromatic nitrogens is 2. The molecule has 1 aliphatic rings. The van der Waals surface area contributed by atoms with E-state index in [1.807, 2.05) is 12.1 Å². The van der Waals surface area contributed by atoms with Gasteiger partial charge >= 0.3 is 0 Å². The Morgan fingerprint density at radius 2 is 2.08 bits per heavy atom. The first-order valence-electron chi connectivity index (χ1n) is 8.36. The Kier molecular flexibility index (Phi) is 4.80. The number of aryl methyl sites for hydroxylation is 1. The Balaban J connectivity index is 1.92. The van der Waals surface area contributed by atoms with E-state index in [-0.39, 0.29) is 12.5 Å². The molecule has 3 N–H and O–H groups in total. The summed E-state index contributed by atoms with van der Waals surface area (Å²) in [7, 11) is 0. The fourth-order valence-electron chi connectivity index (χ4n) is 3.33. The SMILES string of the molecule is CCc1nn(C2CCCC2)c2cc(C(=O)NCC(=O)NO)ccc12. The third-order valence-corrected chi connectivity index (χ3v) is 4.59. The maximum Gasteiger partial charge on any atom is 0.262 e. The Labute approximate surface area is 140 Å². The third-order valence-electron chi connectivity index (χ3n) is 4.59. The molecule has 0 unspecified atom stereocenters. The van der Waals surface area contributed by atoms with Gasteiger partial charge in [0.15, 0.2) is 0 Å². The quantitative estimate of drug-likeness (QED) is 0.577. The second kappa shape index (κ2) is 7.00. The molecule has 2 aromatic rings. The number of benzene rings is 1. The molecule has 7 nitrogen and oxygen atoms in total. The van der Waals surface area contributed by atoms with Crippen LogP contribution in [0.2, 0.25) is 0 Å². The molecule has 3 rings (SSSR count). The van der Waals surface area contributed by atoms with E-state index in [1.54, 1.807) is 6.07 Å². The minimum absolute atomic E-state index is 0.268. The first kappa shape index (κ1) is 16.4. The molecule has 1 aliphatic carbocycles. The molecule has 0 spiro atoms. The molecule has 0 atom stereocenters. The summed E-state index contributed by atoms with van der Waals surface area (Å²) in [4.78, 5) is 23.3. The number of nitrogens with one attached hydrogen (secondary N) is 2. The van der Waals surface area contributed by atoms with E-state index in [9.17, 15) is 9.59 Å². The lowest BCUT2D eigenvalue weighted by atomic mass is 10.1. The second-order valence-corrected chi connectivity index (χ2v) is 6.13. The van der Waals surface area contributed by atoms with Gasteiger partial charge in [0.05, 0.1) is 23.8 Å². The summed E-state index contributed by atoms with van der Waals surface area (Å²) in [6.45, 7) is 1.81. The summed E-state index contributed by atoms with van der Waals surface area (Å²) in [5.41, 5.74) is 3.99. The maximum absolute atomic E-state index is 12.2. The van der Waals surface area contributed by atoms with Crippen LogP contribution in [0.15, 0.2) is 18.2 Å². The molecule has 0 saturated heterocycles. The molecule has 1 saturated carbocycles. The Morgan fingerprint density at radius 3 is 2.75 bits per heavy atom. The number of hydrogen-bond acceptors (Lipinski definition) is 4. The number of carbonyl (C=O) groups excluding carboxylic acids is 2. The standard InChI is InChI=1S/C17H22N4O3/c1-2-14-13-8-7-11(17(23)18-10-16(22)20-24)9-15(13)21(19-14)12-5-3-4-6-12/h7-9,12,24H,2-6,10H2,1H3,(H,18,23)(H,20,22). The molecule has 1 aromatic heterocycles. The van der Waals surface area contributed by atoms with Crippen LogP contribution >= 0.6 is 0 Å². The van der Waals surface area contributed by atoms with Crippen LogP contribution in [0.25, 0.3) is 10.9 Å². The molecule has 0 aliphatic heterocycles. The zero-order valence-corrected chi connectivity index (χ0v) is 13.7. The predicted octanol–water partition coefficient (Wildman–Crippen LogP) is 1.95. The number of hydrogen-bond donors (Lipinski definition) is 3. The molecule has 128 valence electrons. The Morgan fingerprint density at radius 1 is 1.33 bits per heavy atom. The fraction of sp³-hybridized carbons (Fsp3) is 0.471. The van der Waals surface area contributed by atoms with Crippen molar-refractivity contribution >= 4 is 22.7 Å². The van der Waals surface area contributed by atoms with Crippen LogP contribution in [0.5, 0.6) is 0 Å².